The van der Waals surface area contributed by atoms with Crippen molar-refractivity contribution in [3.63, 3.8) is 0 Å². The third-order valence-electron chi connectivity index (χ3n) is 2.32. The highest BCUT2D eigenvalue weighted by Crippen LogP contribution is 2.06. The first-order valence-corrected chi connectivity index (χ1v) is 5.17. The number of rotatable bonds is 5. The van der Waals surface area contributed by atoms with E-state index in [0.717, 1.165) is 26.1 Å². The predicted molar refractivity (Wildman–Crippen MR) is 52.7 cm³/mol. The Labute approximate surface area is 80.5 Å². The van der Waals surface area contributed by atoms with Crippen LogP contribution >= 0.6 is 0 Å². The Morgan fingerprint density at radius 2 is 2.31 bits per heavy atom. The number of aliphatic hydroxyl groups is 1. The molecule has 3 heteroatoms. The number of nitrogens with one attached hydrogen (secondary N) is 1. The summed E-state index contributed by atoms with van der Waals surface area (Å²) in [5.74, 6) is 0.566. The van der Waals surface area contributed by atoms with Crippen LogP contribution in [0.3, 0.4) is 0 Å². The number of hydrogen-bond acceptors (Lipinski definition) is 3. The molecule has 1 aliphatic rings. The van der Waals surface area contributed by atoms with Crippen LogP contribution in [0.25, 0.3) is 0 Å². The molecule has 1 aliphatic heterocycles. The zero-order valence-corrected chi connectivity index (χ0v) is 8.62. The summed E-state index contributed by atoms with van der Waals surface area (Å²) < 4.78 is 5.23. The molecule has 0 aliphatic carbocycles. The summed E-state index contributed by atoms with van der Waals surface area (Å²) in [4.78, 5) is 0. The van der Waals surface area contributed by atoms with E-state index in [1.165, 1.54) is 0 Å². The molecule has 13 heavy (non-hydrogen) atoms. The molecule has 3 nitrogen and oxygen atoms in total. The van der Waals surface area contributed by atoms with E-state index in [4.69, 9.17) is 4.74 Å². The van der Waals surface area contributed by atoms with Crippen molar-refractivity contribution < 1.29 is 9.84 Å². The van der Waals surface area contributed by atoms with Gasteiger partial charge in [-0.1, -0.05) is 13.8 Å². The molecule has 0 bridgehead atoms. The molecule has 0 spiro atoms. The topological polar surface area (TPSA) is 41.5 Å². The molecule has 0 aromatic carbocycles. The summed E-state index contributed by atoms with van der Waals surface area (Å²) in [6.45, 7) is 6.61. The summed E-state index contributed by atoms with van der Waals surface area (Å²) >= 11 is 0. The number of hydrogen-bond donors (Lipinski definition) is 2. The van der Waals surface area contributed by atoms with Gasteiger partial charge in [0.2, 0.25) is 0 Å². The molecule has 78 valence electrons. The fraction of sp³-hybridized carbons (Fsp3) is 1.00. The second-order valence-electron chi connectivity index (χ2n) is 4.25. The Morgan fingerprint density at radius 1 is 1.54 bits per heavy atom. The lowest BCUT2D eigenvalue weighted by Gasteiger charge is -2.16. The van der Waals surface area contributed by atoms with Gasteiger partial charge in [0.05, 0.1) is 12.7 Å². The van der Waals surface area contributed by atoms with Crippen LogP contribution in [0.5, 0.6) is 0 Å². The maximum absolute atomic E-state index is 9.58. The van der Waals surface area contributed by atoms with Crippen molar-refractivity contribution in [1.82, 2.24) is 5.32 Å². The largest absolute Gasteiger partial charge is 0.392 e. The Bertz CT molecular complexity index is 133. The van der Waals surface area contributed by atoms with Gasteiger partial charge < -0.3 is 15.2 Å². The number of aliphatic hydroxyl groups excluding tert-OH is 1. The van der Waals surface area contributed by atoms with Gasteiger partial charge in [0.25, 0.3) is 0 Å². The monoisotopic (exact) mass is 187 g/mol. The Hall–Kier alpha value is -0.120. The first-order valence-electron chi connectivity index (χ1n) is 5.17. The summed E-state index contributed by atoms with van der Waals surface area (Å²) in [7, 11) is 0. The van der Waals surface area contributed by atoms with Crippen LogP contribution in [0.4, 0.5) is 0 Å². The van der Waals surface area contributed by atoms with Gasteiger partial charge in [-0.15, -0.1) is 0 Å². The SMILES string of the molecule is CC(C)CC(O)CNC1CCOC1. The summed E-state index contributed by atoms with van der Waals surface area (Å²) in [5.41, 5.74) is 0. The van der Waals surface area contributed by atoms with E-state index < -0.39 is 0 Å². The van der Waals surface area contributed by atoms with Gasteiger partial charge in [0.15, 0.2) is 0 Å². The van der Waals surface area contributed by atoms with E-state index in [1.807, 2.05) is 0 Å². The highest BCUT2D eigenvalue weighted by atomic mass is 16.5. The van der Waals surface area contributed by atoms with E-state index >= 15 is 0 Å². The normalized spacial score (nSPS) is 25.4. The van der Waals surface area contributed by atoms with Crippen molar-refractivity contribution >= 4 is 0 Å². The maximum Gasteiger partial charge on any atom is 0.0667 e. The Morgan fingerprint density at radius 3 is 2.85 bits per heavy atom. The zero-order chi connectivity index (χ0) is 9.68. The average Bonchev–Trinajstić information content (AvgIpc) is 2.51. The van der Waals surface area contributed by atoms with Gasteiger partial charge in [0, 0.05) is 19.2 Å². The molecular formula is C10H21NO2. The second kappa shape index (κ2) is 5.58. The van der Waals surface area contributed by atoms with Crippen LogP contribution in [0.1, 0.15) is 26.7 Å². The van der Waals surface area contributed by atoms with Gasteiger partial charge in [-0.3, -0.25) is 0 Å². The summed E-state index contributed by atoms with van der Waals surface area (Å²) in [6, 6.07) is 0.460. The minimum absolute atomic E-state index is 0.208. The molecule has 2 N–H and O–H groups in total. The van der Waals surface area contributed by atoms with Crippen LogP contribution in [-0.2, 0) is 4.74 Å². The quantitative estimate of drug-likeness (QED) is 0.668. The molecule has 0 aromatic rings. The fourth-order valence-electron chi connectivity index (χ4n) is 1.63. The molecular weight excluding hydrogens is 166 g/mol. The van der Waals surface area contributed by atoms with Crippen molar-refractivity contribution in [2.45, 2.75) is 38.8 Å². The smallest absolute Gasteiger partial charge is 0.0667 e. The zero-order valence-electron chi connectivity index (χ0n) is 8.62. The molecule has 0 amide bonds. The minimum Gasteiger partial charge on any atom is -0.392 e. The average molecular weight is 187 g/mol. The van der Waals surface area contributed by atoms with E-state index in [1.54, 1.807) is 0 Å². The summed E-state index contributed by atoms with van der Waals surface area (Å²) in [5, 5.41) is 12.9. The highest BCUT2D eigenvalue weighted by molar-refractivity contribution is 4.73. The van der Waals surface area contributed by atoms with Crippen LogP contribution < -0.4 is 5.32 Å². The lowest BCUT2D eigenvalue weighted by molar-refractivity contribution is 0.138. The molecule has 1 heterocycles. The first kappa shape index (κ1) is 11.0. The molecule has 0 aromatic heterocycles. The molecule has 0 radical (unpaired) electrons. The molecule has 2 unspecified atom stereocenters. The predicted octanol–water partition coefficient (Wildman–Crippen LogP) is 0.772. The lowest BCUT2D eigenvalue weighted by atomic mass is 10.1. The Balaban J connectivity index is 2.03. The van der Waals surface area contributed by atoms with Gasteiger partial charge in [-0.25, -0.2) is 0 Å². The van der Waals surface area contributed by atoms with Gasteiger partial charge >= 0.3 is 0 Å². The van der Waals surface area contributed by atoms with E-state index in [2.05, 4.69) is 19.2 Å². The first-order chi connectivity index (χ1) is 6.18. The van der Waals surface area contributed by atoms with Gasteiger partial charge in [-0.2, -0.15) is 0 Å². The molecule has 1 fully saturated rings. The van der Waals surface area contributed by atoms with Crippen LogP contribution in [0.15, 0.2) is 0 Å². The van der Waals surface area contributed by atoms with Crippen molar-refractivity contribution in [1.29, 1.82) is 0 Å². The summed E-state index contributed by atoms with van der Waals surface area (Å²) in [6.07, 6.45) is 1.75. The molecule has 0 saturated carbocycles. The highest BCUT2D eigenvalue weighted by Gasteiger charge is 2.16. The third kappa shape index (κ3) is 4.60. The fourth-order valence-corrected chi connectivity index (χ4v) is 1.63. The number of ether oxygens (including phenoxy) is 1. The van der Waals surface area contributed by atoms with Crippen LogP contribution in [-0.4, -0.2) is 37.0 Å². The van der Waals surface area contributed by atoms with Gasteiger partial charge in [0.1, 0.15) is 0 Å². The van der Waals surface area contributed by atoms with Crippen molar-refractivity contribution in [3.05, 3.63) is 0 Å². The van der Waals surface area contributed by atoms with Crippen molar-refractivity contribution in [2.75, 3.05) is 19.8 Å². The molecule has 1 saturated heterocycles. The molecule has 2 atom stereocenters. The van der Waals surface area contributed by atoms with Crippen LogP contribution in [0, 0.1) is 5.92 Å². The maximum atomic E-state index is 9.58. The second-order valence-corrected chi connectivity index (χ2v) is 4.25. The third-order valence-corrected chi connectivity index (χ3v) is 2.32. The van der Waals surface area contributed by atoms with Crippen LogP contribution in [0.2, 0.25) is 0 Å². The van der Waals surface area contributed by atoms with Crippen molar-refractivity contribution in [3.8, 4) is 0 Å². The molecule has 1 rings (SSSR count). The lowest BCUT2D eigenvalue weighted by Crippen LogP contribution is -2.36. The minimum atomic E-state index is -0.208. The Kier molecular flexibility index (Phi) is 4.70. The van der Waals surface area contributed by atoms with E-state index in [9.17, 15) is 5.11 Å². The standard InChI is InChI=1S/C10H21NO2/c1-8(2)5-10(12)6-11-9-3-4-13-7-9/h8-12H,3-7H2,1-2H3. The van der Waals surface area contributed by atoms with E-state index in [-0.39, 0.29) is 6.10 Å². The van der Waals surface area contributed by atoms with E-state index in [0.29, 0.717) is 18.5 Å². The van der Waals surface area contributed by atoms with Crippen molar-refractivity contribution in [2.24, 2.45) is 5.92 Å². The van der Waals surface area contributed by atoms with Gasteiger partial charge in [-0.05, 0) is 18.8 Å².